The monoisotopic (exact) mass is 153 g/mol. The minimum atomic E-state index is -0.579. The first-order chi connectivity index (χ1) is 5.26. The fourth-order valence-corrected chi connectivity index (χ4v) is 0.742. The molecule has 0 aliphatic carbocycles. The maximum atomic E-state index is 9.29. The van der Waals surface area contributed by atoms with E-state index >= 15 is 0 Å². The minimum Gasteiger partial charge on any atom is -0.387 e. The van der Waals surface area contributed by atoms with Gasteiger partial charge in [0.1, 0.15) is 0 Å². The molecule has 0 rings (SSSR count). The van der Waals surface area contributed by atoms with E-state index in [0.29, 0.717) is 0 Å². The van der Waals surface area contributed by atoms with Crippen LogP contribution in [0.2, 0.25) is 0 Å². The van der Waals surface area contributed by atoms with E-state index in [1.54, 1.807) is 12.2 Å². The third-order valence-electron chi connectivity index (χ3n) is 1.28. The van der Waals surface area contributed by atoms with E-state index in [0.717, 1.165) is 5.57 Å². The summed E-state index contributed by atoms with van der Waals surface area (Å²) < 4.78 is 0. The SMILES string of the molecule is C=C/C=C(\C=C/C)C(O)CN. The Balaban J connectivity index is 4.32. The number of hydrogen-bond acceptors (Lipinski definition) is 2. The Bertz CT molecular complexity index is 170. The van der Waals surface area contributed by atoms with Crippen molar-refractivity contribution < 1.29 is 5.11 Å². The largest absolute Gasteiger partial charge is 0.387 e. The molecule has 0 aliphatic rings. The van der Waals surface area contributed by atoms with E-state index in [1.165, 1.54) is 0 Å². The van der Waals surface area contributed by atoms with Gasteiger partial charge in [0.15, 0.2) is 0 Å². The van der Waals surface area contributed by atoms with Gasteiger partial charge in [-0.2, -0.15) is 0 Å². The fourth-order valence-electron chi connectivity index (χ4n) is 0.742. The lowest BCUT2D eigenvalue weighted by Crippen LogP contribution is -2.20. The van der Waals surface area contributed by atoms with Crippen molar-refractivity contribution >= 4 is 0 Å². The van der Waals surface area contributed by atoms with Crippen LogP contribution in [0.15, 0.2) is 36.5 Å². The number of aliphatic hydroxyl groups excluding tert-OH is 1. The summed E-state index contributed by atoms with van der Waals surface area (Å²) in [5, 5.41) is 9.29. The fraction of sp³-hybridized carbons (Fsp3) is 0.333. The molecule has 1 unspecified atom stereocenters. The summed E-state index contributed by atoms with van der Waals surface area (Å²) in [6, 6.07) is 0. The summed E-state index contributed by atoms with van der Waals surface area (Å²) in [5.41, 5.74) is 6.07. The predicted octanol–water partition coefficient (Wildman–Crippen LogP) is 0.994. The van der Waals surface area contributed by atoms with Gasteiger partial charge in [0.05, 0.1) is 6.10 Å². The van der Waals surface area contributed by atoms with Gasteiger partial charge in [-0.05, 0) is 12.5 Å². The van der Waals surface area contributed by atoms with Gasteiger partial charge in [-0.3, -0.25) is 0 Å². The molecule has 0 aromatic carbocycles. The topological polar surface area (TPSA) is 46.2 Å². The lowest BCUT2D eigenvalue weighted by atomic mass is 10.1. The molecule has 0 heterocycles. The lowest BCUT2D eigenvalue weighted by Gasteiger charge is -2.07. The summed E-state index contributed by atoms with van der Waals surface area (Å²) >= 11 is 0. The van der Waals surface area contributed by atoms with E-state index in [-0.39, 0.29) is 6.54 Å². The molecule has 0 aliphatic heterocycles. The second kappa shape index (κ2) is 5.89. The van der Waals surface area contributed by atoms with Gasteiger partial charge in [-0.25, -0.2) is 0 Å². The van der Waals surface area contributed by atoms with Crippen LogP contribution in [-0.2, 0) is 0 Å². The van der Waals surface area contributed by atoms with Crippen LogP contribution in [0.5, 0.6) is 0 Å². The highest BCUT2D eigenvalue weighted by Crippen LogP contribution is 2.03. The first-order valence-electron chi connectivity index (χ1n) is 3.59. The Labute approximate surface area is 67.7 Å². The number of nitrogens with two attached hydrogens (primary N) is 1. The molecule has 62 valence electrons. The van der Waals surface area contributed by atoms with Crippen molar-refractivity contribution in [1.82, 2.24) is 0 Å². The number of hydrogen-bond donors (Lipinski definition) is 2. The van der Waals surface area contributed by atoms with Crippen LogP contribution in [0.4, 0.5) is 0 Å². The molecular weight excluding hydrogens is 138 g/mol. The second-order valence-electron chi connectivity index (χ2n) is 2.15. The van der Waals surface area contributed by atoms with E-state index in [4.69, 9.17) is 5.73 Å². The molecule has 0 saturated heterocycles. The van der Waals surface area contributed by atoms with E-state index in [1.807, 2.05) is 19.1 Å². The highest BCUT2D eigenvalue weighted by Gasteiger charge is 2.02. The van der Waals surface area contributed by atoms with E-state index < -0.39 is 6.10 Å². The third-order valence-corrected chi connectivity index (χ3v) is 1.28. The second-order valence-corrected chi connectivity index (χ2v) is 2.15. The number of allylic oxidation sites excluding steroid dienone is 3. The van der Waals surface area contributed by atoms with Gasteiger partial charge in [-0.15, -0.1) is 0 Å². The van der Waals surface area contributed by atoms with Crippen molar-refractivity contribution in [2.45, 2.75) is 13.0 Å². The van der Waals surface area contributed by atoms with Gasteiger partial charge in [0, 0.05) is 6.54 Å². The van der Waals surface area contributed by atoms with Gasteiger partial charge >= 0.3 is 0 Å². The van der Waals surface area contributed by atoms with Gasteiger partial charge in [0.25, 0.3) is 0 Å². The molecule has 2 heteroatoms. The zero-order valence-electron chi connectivity index (χ0n) is 6.83. The summed E-state index contributed by atoms with van der Waals surface area (Å²) in [7, 11) is 0. The van der Waals surface area contributed by atoms with Crippen molar-refractivity contribution in [1.29, 1.82) is 0 Å². The first-order valence-corrected chi connectivity index (χ1v) is 3.59. The average molecular weight is 153 g/mol. The van der Waals surface area contributed by atoms with Crippen LogP contribution in [0.3, 0.4) is 0 Å². The maximum absolute atomic E-state index is 9.29. The van der Waals surface area contributed by atoms with Crippen LogP contribution >= 0.6 is 0 Å². The van der Waals surface area contributed by atoms with Crippen molar-refractivity contribution in [2.24, 2.45) is 5.73 Å². The molecule has 1 atom stereocenters. The standard InChI is InChI=1S/C9H15NO/c1-3-5-8(6-4-2)9(11)7-10/h3-6,9,11H,1,7,10H2,2H3/b6-4-,8-5+. The molecule has 3 N–H and O–H groups in total. The smallest absolute Gasteiger partial charge is 0.0912 e. The molecule has 0 aromatic rings. The molecule has 0 saturated carbocycles. The highest BCUT2D eigenvalue weighted by atomic mass is 16.3. The molecule has 0 radical (unpaired) electrons. The number of rotatable bonds is 4. The summed E-state index contributed by atoms with van der Waals surface area (Å²) in [5.74, 6) is 0. The number of aliphatic hydroxyl groups is 1. The Morgan fingerprint density at radius 1 is 1.73 bits per heavy atom. The Morgan fingerprint density at radius 3 is 2.73 bits per heavy atom. The summed E-state index contributed by atoms with van der Waals surface area (Å²) in [6.45, 7) is 5.67. The Hall–Kier alpha value is -0.860. The molecule has 0 spiro atoms. The average Bonchev–Trinajstić information content (AvgIpc) is 2.03. The van der Waals surface area contributed by atoms with Crippen molar-refractivity contribution in [3.8, 4) is 0 Å². The van der Waals surface area contributed by atoms with Crippen LogP contribution in [0.1, 0.15) is 6.92 Å². The van der Waals surface area contributed by atoms with Crippen molar-refractivity contribution in [3.63, 3.8) is 0 Å². The molecule has 0 fully saturated rings. The van der Waals surface area contributed by atoms with Crippen LogP contribution in [-0.4, -0.2) is 17.8 Å². The Kier molecular flexibility index (Phi) is 5.43. The van der Waals surface area contributed by atoms with E-state index in [2.05, 4.69) is 6.58 Å². The highest BCUT2D eigenvalue weighted by molar-refractivity contribution is 5.26. The third kappa shape index (κ3) is 3.75. The maximum Gasteiger partial charge on any atom is 0.0912 e. The van der Waals surface area contributed by atoms with E-state index in [9.17, 15) is 5.11 Å². The van der Waals surface area contributed by atoms with Crippen LogP contribution in [0, 0.1) is 0 Å². The molecule has 11 heavy (non-hydrogen) atoms. The minimum absolute atomic E-state index is 0.240. The molecular formula is C9H15NO. The lowest BCUT2D eigenvalue weighted by molar-refractivity contribution is 0.223. The van der Waals surface area contributed by atoms with Gasteiger partial charge < -0.3 is 10.8 Å². The molecule has 0 bridgehead atoms. The molecule has 0 aromatic heterocycles. The van der Waals surface area contributed by atoms with Crippen molar-refractivity contribution in [3.05, 3.63) is 36.5 Å². The van der Waals surface area contributed by atoms with Crippen LogP contribution < -0.4 is 5.73 Å². The normalized spacial score (nSPS) is 15.4. The summed E-state index contributed by atoms with van der Waals surface area (Å²) in [4.78, 5) is 0. The van der Waals surface area contributed by atoms with Gasteiger partial charge in [0.2, 0.25) is 0 Å². The quantitative estimate of drug-likeness (QED) is 0.592. The van der Waals surface area contributed by atoms with Gasteiger partial charge in [-0.1, -0.05) is 30.9 Å². The van der Waals surface area contributed by atoms with Crippen molar-refractivity contribution in [2.75, 3.05) is 6.54 Å². The zero-order valence-corrected chi connectivity index (χ0v) is 6.83. The summed E-state index contributed by atoms with van der Waals surface area (Å²) in [6.07, 6.45) is 6.48. The molecule has 2 nitrogen and oxygen atoms in total. The zero-order chi connectivity index (χ0) is 8.69. The van der Waals surface area contributed by atoms with Crippen LogP contribution in [0.25, 0.3) is 0 Å². The molecule has 0 amide bonds. The predicted molar refractivity (Wildman–Crippen MR) is 48.2 cm³/mol. The first kappa shape index (κ1) is 10.1. The Morgan fingerprint density at radius 2 is 2.36 bits per heavy atom.